The summed E-state index contributed by atoms with van der Waals surface area (Å²) in [5, 5.41) is 7.67. The number of carbonyl (C=O) groups excluding carboxylic acids is 1. The fourth-order valence-corrected chi connectivity index (χ4v) is 2.19. The first-order valence-electron chi connectivity index (χ1n) is 6.57. The van der Waals surface area contributed by atoms with Gasteiger partial charge >= 0.3 is 0 Å². The molecule has 0 unspecified atom stereocenters. The summed E-state index contributed by atoms with van der Waals surface area (Å²) < 4.78 is 5.61. The number of nitrogens with zero attached hydrogens (tertiary/aromatic N) is 3. The van der Waals surface area contributed by atoms with Gasteiger partial charge in [0.15, 0.2) is 6.61 Å². The Bertz CT molecular complexity index is 379. The van der Waals surface area contributed by atoms with Crippen molar-refractivity contribution in [2.75, 3.05) is 19.7 Å². The Morgan fingerprint density at radius 2 is 1.89 bits per heavy atom. The topological polar surface area (TPSA) is 55.3 Å². The first kappa shape index (κ1) is 16.2. The summed E-state index contributed by atoms with van der Waals surface area (Å²) >= 11 is 6.77. The molecule has 0 saturated carbocycles. The van der Waals surface area contributed by atoms with Gasteiger partial charge in [-0.2, -0.15) is 0 Å². The SMILES string of the molecule is CCCCN(CCCC)C(=O)COc1nnc(Cl)s1. The lowest BCUT2D eigenvalue weighted by Crippen LogP contribution is -2.36. The lowest BCUT2D eigenvalue weighted by atomic mass is 10.2. The first-order valence-corrected chi connectivity index (χ1v) is 7.76. The van der Waals surface area contributed by atoms with E-state index in [0.29, 0.717) is 9.66 Å². The fraction of sp³-hybridized carbons (Fsp3) is 0.750. The zero-order valence-electron chi connectivity index (χ0n) is 11.4. The zero-order valence-corrected chi connectivity index (χ0v) is 13.0. The predicted octanol–water partition coefficient (Wildman–Crippen LogP) is 3.00. The molecule has 0 atom stereocenters. The van der Waals surface area contributed by atoms with Crippen LogP contribution in [-0.4, -0.2) is 40.7 Å². The first-order chi connectivity index (χ1) is 9.17. The van der Waals surface area contributed by atoms with Crippen LogP contribution in [-0.2, 0) is 4.79 Å². The minimum absolute atomic E-state index is 0.00104. The second-order valence-electron chi connectivity index (χ2n) is 4.20. The van der Waals surface area contributed by atoms with E-state index in [1.807, 2.05) is 4.90 Å². The summed E-state index contributed by atoms with van der Waals surface area (Å²) in [6.07, 6.45) is 4.17. The highest BCUT2D eigenvalue weighted by Gasteiger charge is 2.14. The van der Waals surface area contributed by atoms with Crippen LogP contribution in [0.15, 0.2) is 0 Å². The van der Waals surface area contributed by atoms with Crippen molar-refractivity contribution in [3.05, 3.63) is 4.47 Å². The van der Waals surface area contributed by atoms with Gasteiger partial charge in [-0.3, -0.25) is 4.79 Å². The Kier molecular flexibility index (Phi) is 7.74. The molecule has 108 valence electrons. The molecule has 0 saturated heterocycles. The molecule has 0 aliphatic heterocycles. The number of halogens is 1. The lowest BCUT2D eigenvalue weighted by Gasteiger charge is -2.22. The highest BCUT2D eigenvalue weighted by molar-refractivity contribution is 7.17. The van der Waals surface area contributed by atoms with E-state index in [1.54, 1.807) is 0 Å². The van der Waals surface area contributed by atoms with Crippen LogP contribution < -0.4 is 4.74 Å². The minimum Gasteiger partial charge on any atom is -0.459 e. The van der Waals surface area contributed by atoms with Crippen molar-refractivity contribution in [1.29, 1.82) is 0 Å². The largest absolute Gasteiger partial charge is 0.459 e. The van der Waals surface area contributed by atoms with Gasteiger partial charge < -0.3 is 9.64 Å². The summed E-state index contributed by atoms with van der Waals surface area (Å²) in [4.78, 5) is 13.9. The normalized spacial score (nSPS) is 10.5. The molecule has 0 N–H and O–H groups in total. The van der Waals surface area contributed by atoms with E-state index in [0.717, 1.165) is 50.1 Å². The lowest BCUT2D eigenvalue weighted by molar-refractivity contribution is -0.133. The van der Waals surface area contributed by atoms with Gasteiger partial charge in [0.2, 0.25) is 4.47 Å². The molecule has 1 amide bonds. The van der Waals surface area contributed by atoms with Gasteiger partial charge in [0, 0.05) is 13.1 Å². The van der Waals surface area contributed by atoms with Crippen LogP contribution in [0.25, 0.3) is 0 Å². The van der Waals surface area contributed by atoms with Gasteiger partial charge in [-0.25, -0.2) is 0 Å². The number of hydrogen-bond donors (Lipinski definition) is 0. The summed E-state index contributed by atoms with van der Waals surface area (Å²) in [7, 11) is 0. The second-order valence-corrected chi connectivity index (χ2v) is 5.72. The maximum Gasteiger partial charge on any atom is 0.295 e. The number of aromatic nitrogens is 2. The Balaban J connectivity index is 2.41. The van der Waals surface area contributed by atoms with E-state index in [1.165, 1.54) is 0 Å². The third-order valence-corrected chi connectivity index (χ3v) is 3.55. The van der Waals surface area contributed by atoms with E-state index >= 15 is 0 Å². The molecule has 0 bridgehead atoms. The van der Waals surface area contributed by atoms with Gasteiger partial charge in [-0.05, 0) is 35.8 Å². The molecule has 1 aromatic rings. The van der Waals surface area contributed by atoms with Crippen LogP contribution in [0.4, 0.5) is 0 Å². The Hall–Kier alpha value is -0.880. The Morgan fingerprint density at radius 3 is 2.37 bits per heavy atom. The summed E-state index contributed by atoms with van der Waals surface area (Å²) in [5.41, 5.74) is 0. The minimum atomic E-state index is -0.00628. The molecule has 0 spiro atoms. The van der Waals surface area contributed by atoms with Gasteiger partial charge in [0.25, 0.3) is 11.1 Å². The van der Waals surface area contributed by atoms with E-state index in [9.17, 15) is 4.79 Å². The average molecular weight is 306 g/mol. The highest BCUT2D eigenvalue weighted by Crippen LogP contribution is 2.21. The molecular formula is C12H20ClN3O2S. The Morgan fingerprint density at radius 1 is 1.26 bits per heavy atom. The number of ether oxygens (including phenoxy) is 1. The molecule has 7 heteroatoms. The predicted molar refractivity (Wildman–Crippen MR) is 76.8 cm³/mol. The highest BCUT2D eigenvalue weighted by atomic mass is 35.5. The van der Waals surface area contributed by atoms with E-state index in [4.69, 9.17) is 16.3 Å². The van der Waals surface area contributed by atoms with Crippen LogP contribution >= 0.6 is 22.9 Å². The van der Waals surface area contributed by atoms with Crippen LogP contribution in [0.5, 0.6) is 5.19 Å². The summed E-state index contributed by atoms with van der Waals surface area (Å²) in [6, 6.07) is 0. The molecule has 1 aromatic heterocycles. The molecule has 0 aromatic carbocycles. The van der Waals surface area contributed by atoms with Gasteiger partial charge in [0.1, 0.15) is 0 Å². The standard InChI is InChI=1S/C12H20ClN3O2S/c1-3-5-7-16(8-6-4-2)10(17)9-18-12-15-14-11(13)19-12/h3-9H2,1-2H3. The summed E-state index contributed by atoms with van der Waals surface area (Å²) in [5.74, 6) is -0.00628. The quantitative estimate of drug-likeness (QED) is 0.704. The molecule has 0 aliphatic carbocycles. The number of amides is 1. The van der Waals surface area contributed by atoms with Crippen molar-refractivity contribution < 1.29 is 9.53 Å². The number of carbonyl (C=O) groups is 1. The third-order valence-electron chi connectivity index (χ3n) is 2.62. The number of hydrogen-bond acceptors (Lipinski definition) is 5. The molecule has 0 fully saturated rings. The fourth-order valence-electron chi connectivity index (χ4n) is 1.53. The molecule has 0 radical (unpaired) electrons. The van der Waals surface area contributed by atoms with Crippen molar-refractivity contribution in [3.63, 3.8) is 0 Å². The molecule has 1 rings (SSSR count). The van der Waals surface area contributed by atoms with Crippen LogP contribution in [0.2, 0.25) is 4.47 Å². The smallest absolute Gasteiger partial charge is 0.295 e. The van der Waals surface area contributed by atoms with Crippen LogP contribution in [0.1, 0.15) is 39.5 Å². The van der Waals surface area contributed by atoms with Crippen molar-refractivity contribution in [1.82, 2.24) is 15.1 Å². The average Bonchev–Trinajstić information content (AvgIpc) is 2.82. The van der Waals surface area contributed by atoms with Crippen molar-refractivity contribution >= 4 is 28.8 Å². The summed E-state index contributed by atoms with van der Waals surface area (Å²) in [6.45, 7) is 5.80. The third kappa shape index (κ3) is 6.20. The van der Waals surface area contributed by atoms with Crippen molar-refractivity contribution in [2.24, 2.45) is 0 Å². The van der Waals surface area contributed by atoms with E-state index < -0.39 is 0 Å². The van der Waals surface area contributed by atoms with E-state index in [-0.39, 0.29) is 12.5 Å². The van der Waals surface area contributed by atoms with Gasteiger partial charge in [-0.15, -0.1) is 5.10 Å². The number of rotatable bonds is 9. The van der Waals surface area contributed by atoms with E-state index in [2.05, 4.69) is 24.0 Å². The van der Waals surface area contributed by atoms with Crippen LogP contribution in [0.3, 0.4) is 0 Å². The molecule has 5 nitrogen and oxygen atoms in total. The number of unbranched alkanes of at least 4 members (excludes halogenated alkanes) is 2. The maximum atomic E-state index is 12.1. The molecule has 0 aliphatic rings. The van der Waals surface area contributed by atoms with Crippen molar-refractivity contribution in [3.8, 4) is 5.19 Å². The van der Waals surface area contributed by atoms with Crippen molar-refractivity contribution in [2.45, 2.75) is 39.5 Å². The van der Waals surface area contributed by atoms with Gasteiger partial charge in [0.05, 0.1) is 0 Å². The maximum absolute atomic E-state index is 12.1. The van der Waals surface area contributed by atoms with Crippen LogP contribution in [0, 0.1) is 0 Å². The second kappa shape index (κ2) is 9.09. The molecule has 19 heavy (non-hydrogen) atoms. The molecule has 1 heterocycles. The van der Waals surface area contributed by atoms with Gasteiger partial charge in [-0.1, -0.05) is 31.8 Å². The molecular weight excluding hydrogens is 286 g/mol. The monoisotopic (exact) mass is 305 g/mol. The zero-order chi connectivity index (χ0) is 14.1. The Labute approximate surface area is 122 Å².